The predicted octanol–water partition coefficient (Wildman–Crippen LogP) is 3.09. The second-order valence-corrected chi connectivity index (χ2v) is 6.31. The number of primary amides is 1. The van der Waals surface area contributed by atoms with Gasteiger partial charge in [0, 0.05) is 10.5 Å². The van der Waals surface area contributed by atoms with Crippen LogP contribution >= 0.6 is 15.9 Å². The lowest BCUT2D eigenvalue weighted by atomic mass is 10.2. The van der Waals surface area contributed by atoms with Crippen LogP contribution in [0.2, 0.25) is 0 Å². The van der Waals surface area contributed by atoms with E-state index in [1.807, 2.05) is 0 Å². The summed E-state index contributed by atoms with van der Waals surface area (Å²) in [4.78, 5) is 30.3. The van der Waals surface area contributed by atoms with Crippen LogP contribution in [0.3, 0.4) is 0 Å². The number of carbonyl (C=O) groups is 2. The summed E-state index contributed by atoms with van der Waals surface area (Å²) in [5.74, 6) is -0.950. The van der Waals surface area contributed by atoms with E-state index in [0.717, 1.165) is 0 Å². The summed E-state index contributed by atoms with van der Waals surface area (Å²) >= 11 is 3.10. The van der Waals surface area contributed by atoms with Crippen LogP contribution in [0, 0.1) is 10.1 Å². The molecule has 0 aliphatic rings. The van der Waals surface area contributed by atoms with E-state index in [-0.39, 0.29) is 24.5 Å². The smallest absolute Gasteiger partial charge is 0.405 e. The molecule has 24 heavy (non-hydrogen) atoms. The van der Waals surface area contributed by atoms with Crippen molar-refractivity contribution in [3.8, 4) is 5.75 Å². The SMILES string of the molecule is CC(C)(C)OC(N)=O.O=C(O)CCOc1ccc(Br)cc1[N+](=O)[O-]. The Balaban J connectivity index is 0.000000561. The van der Waals surface area contributed by atoms with Gasteiger partial charge in [-0.25, -0.2) is 4.79 Å². The molecule has 1 aromatic rings. The number of hydrogen-bond acceptors (Lipinski definition) is 6. The topological polar surface area (TPSA) is 142 Å². The molecule has 3 N–H and O–H groups in total. The standard InChI is InChI=1S/C9H8BrNO5.C5H11NO2/c10-6-1-2-8(7(5-6)11(14)15)16-4-3-9(12)13;1-5(2,3)8-4(6)7/h1-2,5H,3-4H2,(H,12,13);1-3H3,(H2,6,7). The van der Waals surface area contributed by atoms with Gasteiger partial charge >= 0.3 is 17.7 Å². The number of nitrogens with two attached hydrogens (primary N) is 1. The number of carbonyl (C=O) groups excluding carboxylic acids is 1. The molecule has 1 amide bonds. The van der Waals surface area contributed by atoms with E-state index in [2.05, 4.69) is 20.7 Å². The van der Waals surface area contributed by atoms with E-state index in [0.29, 0.717) is 4.47 Å². The quantitative estimate of drug-likeness (QED) is 0.564. The highest BCUT2D eigenvalue weighted by atomic mass is 79.9. The van der Waals surface area contributed by atoms with Crippen LogP contribution < -0.4 is 10.5 Å². The number of nitro groups is 1. The number of halogens is 1. The minimum Gasteiger partial charge on any atom is -0.486 e. The van der Waals surface area contributed by atoms with Crippen molar-refractivity contribution in [3.63, 3.8) is 0 Å². The molecular weight excluding hydrogens is 388 g/mol. The normalized spacial score (nSPS) is 10.2. The third-order valence-corrected chi connectivity index (χ3v) is 2.59. The maximum Gasteiger partial charge on any atom is 0.405 e. The number of aliphatic carboxylic acids is 1. The number of nitrogens with zero attached hydrogens (tertiary/aromatic N) is 1. The molecule has 0 spiro atoms. The van der Waals surface area contributed by atoms with Crippen LogP contribution in [0.1, 0.15) is 27.2 Å². The van der Waals surface area contributed by atoms with Crippen LogP contribution in [0.4, 0.5) is 10.5 Å². The summed E-state index contributed by atoms with van der Waals surface area (Å²) in [6.45, 7) is 5.19. The fourth-order valence-electron chi connectivity index (χ4n) is 1.31. The summed E-state index contributed by atoms with van der Waals surface area (Å²) < 4.78 is 10.2. The van der Waals surface area contributed by atoms with Gasteiger partial charge in [-0.2, -0.15) is 0 Å². The molecule has 134 valence electrons. The lowest BCUT2D eigenvalue weighted by Crippen LogP contribution is -2.27. The number of rotatable bonds is 5. The minimum atomic E-state index is -1.01. The summed E-state index contributed by atoms with van der Waals surface area (Å²) in [5.41, 5.74) is 4.07. The van der Waals surface area contributed by atoms with E-state index in [9.17, 15) is 19.7 Å². The molecule has 0 radical (unpaired) electrons. The van der Waals surface area contributed by atoms with Crippen LogP contribution in [-0.2, 0) is 9.53 Å². The third kappa shape index (κ3) is 10.4. The Morgan fingerprint density at radius 3 is 2.33 bits per heavy atom. The number of nitro benzene ring substituents is 1. The van der Waals surface area contributed by atoms with Gasteiger partial charge in [-0.3, -0.25) is 14.9 Å². The highest BCUT2D eigenvalue weighted by molar-refractivity contribution is 9.10. The predicted molar refractivity (Wildman–Crippen MR) is 89.0 cm³/mol. The minimum absolute atomic E-state index is 0.0643. The molecule has 0 bridgehead atoms. The molecule has 0 aliphatic heterocycles. The third-order valence-electron chi connectivity index (χ3n) is 2.10. The Morgan fingerprint density at radius 1 is 1.38 bits per heavy atom. The van der Waals surface area contributed by atoms with Crippen LogP contribution in [0.25, 0.3) is 0 Å². The monoisotopic (exact) mass is 406 g/mol. The first-order valence-electron chi connectivity index (χ1n) is 6.69. The van der Waals surface area contributed by atoms with Crippen molar-refractivity contribution in [2.45, 2.75) is 32.8 Å². The number of benzene rings is 1. The number of amides is 1. The van der Waals surface area contributed by atoms with Crippen LogP contribution in [0.5, 0.6) is 5.75 Å². The van der Waals surface area contributed by atoms with Crippen molar-refractivity contribution in [2.24, 2.45) is 5.73 Å². The van der Waals surface area contributed by atoms with Gasteiger partial charge < -0.3 is 20.3 Å². The zero-order chi connectivity index (χ0) is 18.9. The van der Waals surface area contributed by atoms with Gasteiger partial charge in [0.1, 0.15) is 5.60 Å². The van der Waals surface area contributed by atoms with Crippen molar-refractivity contribution in [2.75, 3.05) is 6.61 Å². The fourth-order valence-corrected chi connectivity index (χ4v) is 1.65. The maximum atomic E-state index is 10.7. The molecule has 0 atom stereocenters. The van der Waals surface area contributed by atoms with E-state index in [1.54, 1.807) is 26.8 Å². The molecule has 1 rings (SSSR count). The fraction of sp³-hybridized carbons (Fsp3) is 0.429. The zero-order valence-corrected chi connectivity index (χ0v) is 15.0. The average molecular weight is 407 g/mol. The Morgan fingerprint density at radius 2 is 1.96 bits per heavy atom. The number of carboxylic acids is 1. The van der Waals surface area contributed by atoms with Crippen LogP contribution in [-0.4, -0.2) is 34.3 Å². The van der Waals surface area contributed by atoms with Gasteiger partial charge in [-0.1, -0.05) is 15.9 Å². The van der Waals surface area contributed by atoms with E-state index >= 15 is 0 Å². The Labute approximate surface area is 147 Å². The van der Waals surface area contributed by atoms with Gasteiger partial charge in [-0.05, 0) is 32.9 Å². The molecule has 0 fully saturated rings. The van der Waals surface area contributed by atoms with Gasteiger partial charge in [0.2, 0.25) is 0 Å². The van der Waals surface area contributed by atoms with Gasteiger partial charge in [0.25, 0.3) is 0 Å². The van der Waals surface area contributed by atoms with Crippen molar-refractivity contribution in [1.29, 1.82) is 0 Å². The Bertz CT molecular complexity index is 599. The number of ether oxygens (including phenoxy) is 2. The molecule has 0 heterocycles. The maximum absolute atomic E-state index is 10.7. The molecule has 0 saturated heterocycles. The van der Waals surface area contributed by atoms with Gasteiger partial charge in [0.05, 0.1) is 18.0 Å². The number of carboxylic acid groups (broad SMARTS) is 1. The number of hydrogen-bond donors (Lipinski definition) is 2. The lowest BCUT2D eigenvalue weighted by Gasteiger charge is -2.16. The summed E-state index contributed by atoms with van der Waals surface area (Å²) in [6, 6.07) is 4.31. The highest BCUT2D eigenvalue weighted by Crippen LogP contribution is 2.30. The second kappa shape index (κ2) is 9.71. The van der Waals surface area contributed by atoms with Gasteiger partial charge in [0.15, 0.2) is 5.75 Å². The molecule has 0 unspecified atom stereocenters. The lowest BCUT2D eigenvalue weighted by molar-refractivity contribution is -0.385. The summed E-state index contributed by atoms with van der Waals surface area (Å²) in [6.07, 6.45) is -0.926. The van der Waals surface area contributed by atoms with Crippen LogP contribution in [0.15, 0.2) is 22.7 Å². The first kappa shape index (κ1) is 21.6. The van der Waals surface area contributed by atoms with Gasteiger partial charge in [-0.15, -0.1) is 0 Å². The van der Waals surface area contributed by atoms with Crippen molar-refractivity contribution in [1.82, 2.24) is 0 Å². The Hall–Kier alpha value is -2.36. The molecule has 0 aliphatic carbocycles. The molecule has 0 saturated carbocycles. The summed E-state index contributed by atoms with van der Waals surface area (Å²) in [7, 11) is 0. The van der Waals surface area contributed by atoms with Crippen molar-refractivity contribution >= 4 is 33.7 Å². The first-order valence-corrected chi connectivity index (χ1v) is 7.48. The largest absolute Gasteiger partial charge is 0.486 e. The first-order chi connectivity index (χ1) is 10.9. The molecule has 9 nitrogen and oxygen atoms in total. The molecular formula is C14H19BrN2O7. The second-order valence-electron chi connectivity index (χ2n) is 5.39. The molecule has 1 aromatic carbocycles. The van der Waals surface area contributed by atoms with E-state index in [4.69, 9.17) is 15.6 Å². The Kier molecular flexibility index (Phi) is 8.75. The average Bonchev–Trinajstić information content (AvgIpc) is 2.37. The highest BCUT2D eigenvalue weighted by Gasteiger charge is 2.15. The van der Waals surface area contributed by atoms with Crippen molar-refractivity contribution < 1.29 is 29.1 Å². The van der Waals surface area contributed by atoms with Crippen molar-refractivity contribution in [3.05, 3.63) is 32.8 Å². The zero-order valence-electron chi connectivity index (χ0n) is 13.4. The van der Waals surface area contributed by atoms with E-state index < -0.39 is 22.6 Å². The van der Waals surface area contributed by atoms with E-state index in [1.165, 1.54) is 12.1 Å². The molecule has 10 heteroatoms. The molecule has 0 aromatic heterocycles. The summed E-state index contributed by atoms with van der Waals surface area (Å²) in [5, 5.41) is 19.1.